The highest BCUT2D eigenvalue weighted by Gasteiger charge is 2.21. The summed E-state index contributed by atoms with van der Waals surface area (Å²) in [4.78, 5) is 26.1. The number of carbonyl (C=O) groups is 2. The van der Waals surface area contributed by atoms with E-state index < -0.39 is 24.0 Å². The first-order valence-electron chi connectivity index (χ1n) is 14.3. The number of halogens is 2. The van der Waals surface area contributed by atoms with E-state index in [-0.39, 0.29) is 6.54 Å². The molecule has 1 unspecified atom stereocenters. The van der Waals surface area contributed by atoms with Gasteiger partial charge in [-0.15, -0.1) is 0 Å². The van der Waals surface area contributed by atoms with Gasteiger partial charge in [-0.1, -0.05) is 78.3 Å². The first-order chi connectivity index (χ1) is 21.8. The maximum absolute atomic E-state index is 13.9. The summed E-state index contributed by atoms with van der Waals surface area (Å²) >= 11 is 6.39. The van der Waals surface area contributed by atoms with Crippen molar-refractivity contribution in [2.24, 2.45) is 5.73 Å². The lowest BCUT2D eigenvalue weighted by Crippen LogP contribution is -2.39. The third-order valence-electron chi connectivity index (χ3n) is 6.97. The molecular weight excluding hydrogens is 593 g/mol. The van der Waals surface area contributed by atoms with Crippen molar-refractivity contribution in [1.29, 1.82) is 0 Å². The average molecular weight is 624 g/mol. The minimum Gasteiger partial charge on any atom is -0.457 e. The fourth-order valence-corrected chi connectivity index (χ4v) is 4.91. The summed E-state index contributed by atoms with van der Waals surface area (Å²) in [6, 6.07) is 33.9. The Morgan fingerprint density at radius 3 is 2.40 bits per heavy atom. The molecule has 0 radical (unpaired) electrons. The summed E-state index contributed by atoms with van der Waals surface area (Å²) in [6.07, 6.45) is -1.81. The van der Waals surface area contributed by atoms with E-state index in [2.05, 4.69) is 10.6 Å². The van der Waals surface area contributed by atoms with E-state index in [1.807, 2.05) is 66.7 Å². The zero-order valence-electron chi connectivity index (χ0n) is 24.4. The van der Waals surface area contributed by atoms with Crippen LogP contribution in [0, 0.1) is 5.82 Å². The van der Waals surface area contributed by atoms with Crippen LogP contribution in [-0.2, 0) is 17.8 Å². The van der Waals surface area contributed by atoms with Gasteiger partial charge in [-0.3, -0.25) is 4.79 Å². The lowest BCUT2D eigenvalue weighted by molar-refractivity contribution is 0.0692. The standard InChI is InChI=1S/C36H31ClFN3O4/c1-23(44-36(43)40-22-27-11-5-6-13-33(27)38)41-35(42)31-16-14-26(25-9-3-2-4-10-25)19-32(31)30-17-15-28(37)20-34(30)45-29-12-7-8-24(18-29)21-39/h2-20,23H,21-22,39H2,1H3,(H,40,43)(H,41,42). The summed E-state index contributed by atoms with van der Waals surface area (Å²) in [5.74, 6) is 0.0798. The van der Waals surface area contributed by atoms with Gasteiger partial charge in [0.15, 0.2) is 6.23 Å². The molecule has 0 aliphatic heterocycles. The molecule has 0 aromatic heterocycles. The number of rotatable bonds is 10. The minimum absolute atomic E-state index is 0.0647. The highest BCUT2D eigenvalue weighted by atomic mass is 35.5. The molecule has 1 atom stereocenters. The van der Waals surface area contributed by atoms with Crippen molar-refractivity contribution in [3.05, 3.63) is 143 Å². The molecule has 0 heterocycles. The molecule has 5 rings (SSSR count). The molecule has 0 aliphatic rings. The molecular formula is C36H31ClFN3O4. The number of hydrogen-bond donors (Lipinski definition) is 3. The van der Waals surface area contributed by atoms with Crippen LogP contribution in [0.3, 0.4) is 0 Å². The van der Waals surface area contributed by atoms with Gasteiger partial charge < -0.3 is 25.8 Å². The third kappa shape index (κ3) is 8.06. The van der Waals surface area contributed by atoms with E-state index in [4.69, 9.17) is 26.8 Å². The van der Waals surface area contributed by atoms with Gasteiger partial charge in [-0.05, 0) is 71.6 Å². The van der Waals surface area contributed by atoms with Crippen molar-refractivity contribution in [3.63, 3.8) is 0 Å². The first kappa shape index (κ1) is 31.3. The number of carbonyl (C=O) groups excluding carboxylic acids is 2. The van der Waals surface area contributed by atoms with Crippen molar-refractivity contribution in [3.8, 4) is 33.8 Å². The van der Waals surface area contributed by atoms with E-state index >= 15 is 0 Å². The fourth-order valence-electron chi connectivity index (χ4n) is 4.74. The predicted molar refractivity (Wildman–Crippen MR) is 173 cm³/mol. The van der Waals surface area contributed by atoms with Gasteiger partial charge in [0.2, 0.25) is 0 Å². The summed E-state index contributed by atoms with van der Waals surface area (Å²) in [5.41, 5.74) is 10.4. The molecule has 0 spiro atoms. The Hall–Kier alpha value is -5.18. The van der Waals surface area contributed by atoms with Crippen LogP contribution in [0.1, 0.15) is 28.4 Å². The Kier molecular flexibility index (Phi) is 10.1. The molecule has 5 aromatic rings. The predicted octanol–water partition coefficient (Wildman–Crippen LogP) is 8.07. The first-order valence-corrected chi connectivity index (χ1v) is 14.6. The van der Waals surface area contributed by atoms with Crippen LogP contribution < -0.4 is 21.1 Å². The van der Waals surface area contributed by atoms with Crippen LogP contribution >= 0.6 is 11.6 Å². The molecule has 0 fully saturated rings. The van der Waals surface area contributed by atoms with Gasteiger partial charge in [-0.25, -0.2) is 9.18 Å². The van der Waals surface area contributed by atoms with Crippen molar-refractivity contribution in [2.45, 2.75) is 26.2 Å². The summed E-state index contributed by atoms with van der Waals surface area (Å²) in [7, 11) is 0. The molecule has 228 valence electrons. The zero-order valence-corrected chi connectivity index (χ0v) is 25.2. The van der Waals surface area contributed by atoms with Crippen molar-refractivity contribution in [2.75, 3.05) is 0 Å². The quantitative estimate of drug-likeness (QED) is 0.137. The Balaban J connectivity index is 1.43. The molecule has 4 N–H and O–H groups in total. The molecule has 7 nitrogen and oxygen atoms in total. The zero-order chi connectivity index (χ0) is 31.8. The SMILES string of the molecule is CC(NC(=O)c1ccc(-c2ccccc2)cc1-c1ccc(Cl)cc1Oc1cccc(CN)c1)OC(=O)NCc1ccccc1F. The number of benzene rings is 5. The highest BCUT2D eigenvalue weighted by Crippen LogP contribution is 2.39. The third-order valence-corrected chi connectivity index (χ3v) is 7.20. The van der Waals surface area contributed by atoms with Gasteiger partial charge in [0.05, 0.1) is 0 Å². The molecule has 5 aromatic carbocycles. The maximum atomic E-state index is 13.9. The second-order valence-electron chi connectivity index (χ2n) is 10.2. The summed E-state index contributed by atoms with van der Waals surface area (Å²) in [5, 5.41) is 5.68. The van der Waals surface area contributed by atoms with Gasteiger partial charge in [0.1, 0.15) is 17.3 Å². The largest absolute Gasteiger partial charge is 0.457 e. The van der Waals surface area contributed by atoms with Gasteiger partial charge >= 0.3 is 6.09 Å². The van der Waals surface area contributed by atoms with E-state index in [0.717, 1.165) is 16.7 Å². The van der Waals surface area contributed by atoms with Crippen molar-refractivity contribution >= 4 is 23.6 Å². The van der Waals surface area contributed by atoms with Crippen LogP contribution in [0.5, 0.6) is 11.5 Å². The molecule has 0 saturated heterocycles. The number of ether oxygens (including phenoxy) is 2. The van der Waals surface area contributed by atoms with Gasteiger partial charge in [0, 0.05) is 40.9 Å². The van der Waals surface area contributed by atoms with Crippen LogP contribution in [0.4, 0.5) is 9.18 Å². The van der Waals surface area contributed by atoms with Crippen molar-refractivity contribution < 1.29 is 23.5 Å². The van der Waals surface area contributed by atoms with Crippen LogP contribution in [0.15, 0.2) is 115 Å². The average Bonchev–Trinajstić information content (AvgIpc) is 3.04. The molecule has 0 saturated carbocycles. The number of nitrogens with one attached hydrogen (secondary N) is 2. The maximum Gasteiger partial charge on any atom is 0.409 e. The smallest absolute Gasteiger partial charge is 0.409 e. The summed E-state index contributed by atoms with van der Waals surface area (Å²) in [6.45, 7) is 1.81. The Bertz CT molecular complexity index is 1820. The molecule has 45 heavy (non-hydrogen) atoms. The lowest BCUT2D eigenvalue weighted by Gasteiger charge is -2.19. The minimum atomic E-state index is -1.00. The molecule has 9 heteroatoms. The molecule has 2 amide bonds. The van der Waals surface area contributed by atoms with Crippen LogP contribution in [0.25, 0.3) is 22.3 Å². The van der Waals surface area contributed by atoms with Gasteiger partial charge in [-0.2, -0.15) is 0 Å². The number of hydrogen-bond acceptors (Lipinski definition) is 5. The lowest BCUT2D eigenvalue weighted by atomic mass is 9.93. The molecule has 0 aliphatic carbocycles. The normalized spacial score (nSPS) is 11.4. The number of nitrogens with two attached hydrogens (primary N) is 1. The van der Waals surface area contributed by atoms with Gasteiger partial charge in [0.25, 0.3) is 5.91 Å². The highest BCUT2D eigenvalue weighted by molar-refractivity contribution is 6.30. The second-order valence-corrected chi connectivity index (χ2v) is 10.6. The Morgan fingerprint density at radius 1 is 0.844 bits per heavy atom. The number of amides is 2. The van der Waals surface area contributed by atoms with Crippen LogP contribution in [0.2, 0.25) is 5.02 Å². The van der Waals surface area contributed by atoms with E-state index in [9.17, 15) is 14.0 Å². The van der Waals surface area contributed by atoms with Crippen molar-refractivity contribution in [1.82, 2.24) is 10.6 Å². The molecule has 0 bridgehead atoms. The Labute approximate surface area is 265 Å². The monoisotopic (exact) mass is 623 g/mol. The summed E-state index contributed by atoms with van der Waals surface area (Å²) < 4.78 is 25.5. The topological polar surface area (TPSA) is 103 Å². The van der Waals surface area contributed by atoms with E-state index in [1.54, 1.807) is 42.5 Å². The van der Waals surface area contributed by atoms with E-state index in [1.165, 1.54) is 13.0 Å². The van der Waals surface area contributed by atoms with E-state index in [0.29, 0.717) is 45.3 Å². The van der Waals surface area contributed by atoms with Crippen LogP contribution in [-0.4, -0.2) is 18.2 Å². The Morgan fingerprint density at radius 2 is 1.62 bits per heavy atom. The number of alkyl carbamates (subject to hydrolysis) is 1. The fraction of sp³-hybridized carbons (Fsp3) is 0.111. The second kappa shape index (κ2) is 14.5.